The van der Waals surface area contributed by atoms with Gasteiger partial charge >= 0.3 is 12.2 Å². The van der Waals surface area contributed by atoms with Gasteiger partial charge in [-0.3, -0.25) is 14.6 Å². The van der Waals surface area contributed by atoms with Gasteiger partial charge in [-0.15, -0.1) is 0 Å². The van der Waals surface area contributed by atoms with E-state index in [4.69, 9.17) is 19.5 Å². The largest absolute Gasteiger partial charge is 0.453 e. The lowest BCUT2D eigenvalue weighted by molar-refractivity contribution is -0.136. The Bertz CT molecular complexity index is 2230. The summed E-state index contributed by atoms with van der Waals surface area (Å²) in [6, 6.07) is 17.9. The highest BCUT2D eigenvalue weighted by atomic mass is 16.5. The fourth-order valence-corrected chi connectivity index (χ4v) is 8.27. The standard InChI is InChI=1S/C43H51N7O8/c1-22(2)37(47-42(55)57-5)40(53)49-20-29(51)18-35(49)34-17-28-15-26(11-13-31(28)44-34)24-7-9-25(10-8-24)27-12-14-32-33(16-27)46-39(45-32)36-19-30(52)21-50(36)41(54)38(23(3)4)48-43(56)58-6/h7-16,22-23,29-30,35-38,51-52H,17-21H2,1-6H3,(H,45,46)(H,47,55)(H,48,56)/t29-,30-,35+,36+,37-,38+/m1/s1. The molecule has 306 valence electrons. The second-order valence-corrected chi connectivity index (χ2v) is 16.1. The number of H-pyrrole nitrogens is 1. The summed E-state index contributed by atoms with van der Waals surface area (Å²) in [6.45, 7) is 7.68. The number of nitrogens with zero attached hydrogens (tertiary/aromatic N) is 4. The van der Waals surface area contributed by atoms with Crippen molar-refractivity contribution in [2.45, 2.75) is 83.3 Å². The highest BCUT2D eigenvalue weighted by Crippen LogP contribution is 2.37. The number of ether oxygens (including phenoxy) is 2. The van der Waals surface area contributed by atoms with Gasteiger partial charge in [0.2, 0.25) is 11.8 Å². The number of carbonyl (C=O) groups is 4. The third-order valence-corrected chi connectivity index (χ3v) is 11.4. The number of benzene rings is 3. The van der Waals surface area contributed by atoms with Crippen LogP contribution in [0.5, 0.6) is 0 Å². The van der Waals surface area contributed by atoms with E-state index in [1.165, 1.54) is 14.2 Å². The molecule has 6 atom stereocenters. The highest BCUT2D eigenvalue weighted by Gasteiger charge is 2.43. The third kappa shape index (κ3) is 8.14. The van der Waals surface area contributed by atoms with Crippen molar-refractivity contribution in [2.24, 2.45) is 16.8 Å². The van der Waals surface area contributed by atoms with Crippen LogP contribution < -0.4 is 10.6 Å². The molecule has 0 saturated carbocycles. The Balaban J connectivity index is 1.05. The number of imidazole rings is 1. The normalized spacial score (nSPS) is 21.2. The second kappa shape index (κ2) is 16.6. The molecule has 5 N–H and O–H groups in total. The van der Waals surface area contributed by atoms with Crippen LogP contribution in [0.15, 0.2) is 65.7 Å². The first-order valence-corrected chi connectivity index (χ1v) is 19.7. The lowest BCUT2D eigenvalue weighted by Gasteiger charge is -2.30. The van der Waals surface area contributed by atoms with Crippen molar-refractivity contribution in [1.82, 2.24) is 30.4 Å². The van der Waals surface area contributed by atoms with Crippen molar-refractivity contribution in [3.05, 3.63) is 72.1 Å². The number of hydrogen-bond donors (Lipinski definition) is 5. The maximum Gasteiger partial charge on any atom is 0.407 e. The lowest BCUT2D eigenvalue weighted by atomic mass is 9.96. The molecule has 15 heteroatoms. The van der Waals surface area contributed by atoms with E-state index in [0.29, 0.717) is 25.1 Å². The summed E-state index contributed by atoms with van der Waals surface area (Å²) in [4.78, 5) is 67.7. The number of carbonyl (C=O) groups excluding carboxylic acids is 4. The Hall–Kier alpha value is -5.80. The van der Waals surface area contributed by atoms with Crippen molar-refractivity contribution < 1.29 is 38.9 Å². The Morgan fingerprint density at radius 1 is 0.724 bits per heavy atom. The van der Waals surface area contributed by atoms with Crippen LogP contribution in [0, 0.1) is 11.8 Å². The number of aliphatic hydroxyl groups excluding tert-OH is 2. The van der Waals surface area contributed by atoms with Crippen molar-refractivity contribution in [1.29, 1.82) is 0 Å². The van der Waals surface area contributed by atoms with Crippen LogP contribution in [0.4, 0.5) is 15.3 Å². The summed E-state index contributed by atoms with van der Waals surface area (Å²) >= 11 is 0. The molecule has 7 rings (SSSR count). The second-order valence-electron chi connectivity index (χ2n) is 16.1. The van der Waals surface area contributed by atoms with Crippen molar-refractivity contribution >= 4 is 46.4 Å². The molecule has 0 unspecified atom stereocenters. The van der Waals surface area contributed by atoms with E-state index in [9.17, 15) is 29.4 Å². The summed E-state index contributed by atoms with van der Waals surface area (Å²) in [7, 11) is 2.51. The quantitative estimate of drug-likeness (QED) is 0.149. The SMILES string of the molecule is COC(=O)N[C@H](C(=O)N1C[C@H](O)C[C@H]1c1nc2ccc(-c3ccc(-c4ccc5c(c4)CC([C@@H]4C[C@@H](O)CN4C(=O)[C@H](NC(=O)OC)C(C)C)=N5)cc3)cc2[nH]1)C(C)C. The van der Waals surface area contributed by atoms with Gasteiger partial charge in [0.15, 0.2) is 0 Å². The number of amides is 4. The average molecular weight is 794 g/mol. The van der Waals surface area contributed by atoms with Crippen LogP contribution in [0.3, 0.4) is 0 Å². The lowest BCUT2D eigenvalue weighted by Crippen LogP contribution is -2.54. The van der Waals surface area contributed by atoms with Gasteiger partial charge in [0.1, 0.15) is 17.9 Å². The number of aromatic amines is 1. The molecule has 15 nitrogen and oxygen atoms in total. The summed E-state index contributed by atoms with van der Waals surface area (Å²) in [5.41, 5.74) is 8.23. The minimum absolute atomic E-state index is 0.128. The average Bonchev–Trinajstić information content (AvgIpc) is 4.01. The van der Waals surface area contributed by atoms with E-state index >= 15 is 0 Å². The van der Waals surface area contributed by atoms with Crippen LogP contribution >= 0.6 is 0 Å². The third-order valence-electron chi connectivity index (χ3n) is 11.4. The van der Waals surface area contributed by atoms with Crippen LogP contribution in [-0.4, -0.2) is 117 Å². The predicted molar refractivity (Wildman–Crippen MR) is 217 cm³/mol. The Morgan fingerprint density at radius 3 is 1.78 bits per heavy atom. The molecule has 0 aliphatic carbocycles. The van der Waals surface area contributed by atoms with Crippen molar-refractivity contribution in [2.75, 3.05) is 27.3 Å². The summed E-state index contributed by atoms with van der Waals surface area (Å²) in [5.74, 6) is -0.405. The van der Waals surface area contributed by atoms with Gasteiger partial charge in [-0.25, -0.2) is 14.6 Å². The van der Waals surface area contributed by atoms with Gasteiger partial charge in [0, 0.05) is 38.1 Å². The minimum atomic E-state index is -0.821. The van der Waals surface area contributed by atoms with Gasteiger partial charge in [0.25, 0.3) is 0 Å². The number of aliphatic hydroxyl groups is 2. The van der Waals surface area contributed by atoms with Crippen LogP contribution in [0.1, 0.15) is 58.0 Å². The molecule has 1 aromatic heterocycles. The van der Waals surface area contributed by atoms with Gasteiger partial charge in [-0.2, -0.15) is 0 Å². The maximum absolute atomic E-state index is 13.7. The topological polar surface area (TPSA) is 199 Å². The smallest absolute Gasteiger partial charge is 0.407 e. The minimum Gasteiger partial charge on any atom is -0.453 e. The number of fused-ring (bicyclic) bond motifs is 2. The molecule has 4 amide bonds. The molecule has 4 heterocycles. The van der Waals surface area contributed by atoms with E-state index in [1.54, 1.807) is 9.80 Å². The molecular weight excluding hydrogens is 743 g/mol. The number of likely N-dealkylation sites (tertiary alicyclic amines) is 2. The number of β-amino-alcohol motifs (C(OH)–C–C–N with tert-alkyl or cyclic N) is 2. The molecule has 58 heavy (non-hydrogen) atoms. The van der Waals surface area contributed by atoms with Gasteiger partial charge in [-0.1, -0.05) is 64.1 Å². The zero-order chi connectivity index (χ0) is 41.4. The van der Waals surface area contributed by atoms with Crippen molar-refractivity contribution in [3.63, 3.8) is 0 Å². The molecule has 3 aliphatic rings. The number of rotatable bonds is 10. The zero-order valence-corrected chi connectivity index (χ0v) is 33.6. The molecule has 0 spiro atoms. The fraction of sp³-hybridized carbons (Fsp3) is 0.442. The number of aromatic nitrogens is 2. The van der Waals surface area contributed by atoms with Gasteiger partial charge in [0.05, 0.1) is 55.2 Å². The van der Waals surface area contributed by atoms with Crippen LogP contribution in [0.2, 0.25) is 0 Å². The molecule has 0 bridgehead atoms. The molecule has 3 aromatic carbocycles. The Labute approximate surface area is 336 Å². The molecule has 2 saturated heterocycles. The van der Waals surface area contributed by atoms with Crippen LogP contribution in [0.25, 0.3) is 33.3 Å². The molecule has 3 aliphatic heterocycles. The molecule has 2 fully saturated rings. The summed E-state index contributed by atoms with van der Waals surface area (Å²) < 4.78 is 9.49. The predicted octanol–water partition coefficient (Wildman–Crippen LogP) is 4.88. The Kier molecular flexibility index (Phi) is 11.6. The first-order chi connectivity index (χ1) is 27.7. The first-order valence-electron chi connectivity index (χ1n) is 19.7. The molecular formula is C43H51N7O8. The number of hydrogen-bond acceptors (Lipinski definition) is 10. The number of aliphatic imine (C=N–C) groups is 1. The highest BCUT2D eigenvalue weighted by molar-refractivity contribution is 6.01. The number of methoxy groups -OCH3 is 2. The van der Waals surface area contributed by atoms with Crippen molar-refractivity contribution in [3.8, 4) is 22.3 Å². The first kappa shape index (κ1) is 40.4. The van der Waals surface area contributed by atoms with E-state index in [1.807, 2.05) is 58.0 Å². The number of nitrogens with one attached hydrogen (secondary N) is 3. The van der Waals surface area contributed by atoms with E-state index in [-0.39, 0.29) is 42.8 Å². The van der Waals surface area contributed by atoms with Gasteiger partial charge < -0.3 is 45.1 Å². The number of alkyl carbamates (subject to hydrolysis) is 2. The Morgan fingerprint density at radius 2 is 1.22 bits per heavy atom. The van der Waals surface area contributed by atoms with Gasteiger partial charge in [-0.05, 0) is 63.9 Å². The molecule has 4 aromatic rings. The zero-order valence-electron chi connectivity index (χ0n) is 33.6. The monoisotopic (exact) mass is 793 g/mol. The summed E-state index contributed by atoms with van der Waals surface area (Å²) in [5, 5.41) is 26.5. The fourth-order valence-electron chi connectivity index (χ4n) is 8.27. The maximum atomic E-state index is 13.7. The van der Waals surface area contributed by atoms with E-state index in [0.717, 1.165) is 50.2 Å². The molecule has 0 radical (unpaired) electrons. The summed E-state index contributed by atoms with van der Waals surface area (Å²) in [6.07, 6.45) is -1.57. The van der Waals surface area contributed by atoms with E-state index < -0.39 is 42.5 Å². The van der Waals surface area contributed by atoms with E-state index in [2.05, 4.69) is 45.9 Å². The van der Waals surface area contributed by atoms with Crippen LogP contribution in [-0.2, 0) is 25.5 Å².